The molecular formula is C21H15ClFN3O2S2. The summed E-state index contributed by atoms with van der Waals surface area (Å²) in [6.07, 6.45) is 0. The fourth-order valence-electron chi connectivity index (χ4n) is 2.84. The van der Waals surface area contributed by atoms with Gasteiger partial charge < -0.3 is 5.32 Å². The average Bonchev–Trinajstić information content (AvgIpc) is 3.19. The minimum Gasteiger partial charge on any atom is -0.325 e. The number of anilines is 1. The molecule has 30 heavy (non-hydrogen) atoms. The summed E-state index contributed by atoms with van der Waals surface area (Å²) < 4.78 is 15.7. The Morgan fingerprint density at radius 1 is 1.23 bits per heavy atom. The van der Waals surface area contributed by atoms with Crippen LogP contribution in [-0.2, 0) is 4.79 Å². The van der Waals surface area contributed by atoms with Crippen LogP contribution in [0.5, 0.6) is 0 Å². The first kappa shape index (κ1) is 20.6. The number of nitrogens with zero attached hydrogens (tertiary/aromatic N) is 2. The van der Waals surface area contributed by atoms with Crippen molar-refractivity contribution in [2.45, 2.75) is 12.1 Å². The topological polar surface area (TPSA) is 64.0 Å². The van der Waals surface area contributed by atoms with Gasteiger partial charge >= 0.3 is 0 Å². The van der Waals surface area contributed by atoms with Gasteiger partial charge in [-0.1, -0.05) is 23.4 Å². The number of aryl methyl sites for hydroxylation is 1. The van der Waals surface area contributed by atoms with E-state index in [-0.39, 0.29) is 23.0 Å². The highest BCUT2D eigenvalue weighted by Crippen LogP contribution is 2.25. The van der Waals surface area contributed by atoms with Gasteiger partial charge in [0.1, 0.15) is 10.5 Å². The van der Waals surface area contributed by atoms with Crippen LogP contribution in [-0.4, -0.2) is 21.2 Å². The molecule has 0 unspecified atom stereocenters. The van der Waals surface area contributed by atoms with Crippen LogP contribution in [0, 0.1) is 12.7 Å². The Morgan fingerprint density at radius 3 is 2.73 bits per heavy atom. The lowest BCUT2D eigenvalue weighted by molar-refractivity contribution is -0.113. The lowest BCUT2D eigenvalue weighted by atomic mass is 10.2. The molecule has 0 aliphatic heterocycles. The van der Waals surface area contributed by atoms with Gasteiger partial charge in [-0.3, -0.25) is 14.2 Å². The number of rotatable bonds is 5. The van der Waals surface area contributed by atoms with Crippen molar-refractivity contribution in [1.29, 1.82) is 0 Å². The lowest BCUT2D eigenvalue weighted by Gasteiger charge is -2.13. The minimum atomic E-state index is -0.353. The molecule has 2 aromatic carbocycles. The zero-order chi connectivity index (χ0) is 21.3. The standard InChI is InChI=1S/C21H15ClFN3O2S2/c1-12-10-15(6-7-16(12)23)26-20(28)19-17(8-9-29-19)25-21(26)30-11-18(27)24-14-4-2-13(22)3-5-14/h2-10H,11H2,1H3,(H,24,27). The number of halogens is 2. The maximum Gasteiger partial charge on any atom is 0.276 e. The Balaban J connectivity index is 1.65. The van der Waals surface area contributed by atoms with Crippen molar-refractivity contribution in [3.8, 4) is 5.69 Å². The van der Waals surface area contributed by atoms with E-state index in [1.807, 2.05) is 0 Å². The SMILES string of the molecule is Cc1cc(-n2c(SCC(=O)Nc3ccc(Cl)cc3)nc3ccsc3c2=O)ccc1F. The van der Waals surface area contributed by atoms with E-state index in [2.05, 4.69) is 10.3 Å². The monoisotopic (exact) mass is 459 g/mol. The summed E-state index contributed by atoms with van der Waals surface area (Å²) in [4.78, 5) is 30.0. The summed E-state index contributed by atoms with van der Waals surface area (Å²) in [7, 11) is 0. The molecule has 2 heterocycles. The number of thiophene rings is 1. The smallest absolute Gasteiger partial charge is 0.276 e. The first-order valence-electron chi connectivity index (χ1n) is 8.87. The van der Waals surface area contributed by atoms with Crippen LogP contribution >= 0.6 is 34.7 Å². The predicted molar refractivity (Wildman–Crippen MR) is 121 cm³/mol. The Bertz CT molecular complexity index is 1300. The van der Waals surface area contributed by atoms with Crippen LogP contribution in [0.25, 0.3) is 15.9 Å². The number of carbonyl (C=O) groups excluding carboxylic acids is 1. The van der Waals surface area contributed by atoms with Crippen molar-refractivity contribution in [3.05, 3.63) is 80.7 Å². The van der Waals surface area contributed by atoms with Crippen LogP contribution in [0.2, 0.25) is 5.02 Å². The molecular weight excluding hydrogens is 445 g/mol. The number of hydrogen-bond donors (Lipinski definition) is 1. The second-order valence-corrected chi connectivity index (χ2v) is 8.74. The minimum absolute atomic E-state index is 0.0465. The van der Waals surface area contributed by atoms with Crippen molar-refractivity contribution >= 4 is 56.5 Å². The molecule has 0 aliphatic carbocycles. The molecule has 2 aromatic heterocycles. The highest BCUT2D eigenvalue weighted by Gasteiger charge is 2.16. The summed E-state index contributed by atoms with van der Waals surface area (Å²) >= 11 is 8.30. The maximum atomic E-state index is 13.7. The Hall–Kier alpha value is -2.68. The van der Waals surface area contributed by atoms with Gasteiger partial charge in [0.15, 0.2) is 5.16 Å². The Labute approximate surface area is 184 Å². The van der Waals surface area contributed by atoms with E-state index in [1.54, 1.807) is 48.7 Å². The largest absolute Gasteiger partial charge is 0.325 e. The third kappa shape index (κ3) is 4.26. The molecule has 9 heteroatoms. The molecule has 0 aliphatic rings. The summed E-state index contributed by atoms with van der Waals surface area (Å²) in [5, 5.41) is 5.52. The maximum absolute atomic E-state index is 13.7. The molecule has 152 valence electrons. The van der Waals surface area contributed by atoms with Crippen LogP contribution in [0.4, 0.5) is 10.1 Å². The van der Waals surface area contributed by atoms with Crippen molar-refractivity contribution in [2.75, 3.05) is 11.1 Å². The molecule has 0 saturated heterocycles. The first-order valence-corrected chi connectivity index (χ1v) is 11.1. The van der Waals surface area contributed by atoms with Crippen molar-refractivity contribution in [2.24, 2.45) is 0 Å². The molecule has 1 amide bonds. The zero-order valence-corrected chi connectivity index (χ0v) is 18.1. The number of thioether (sulfide) groups is 1. The number of hydrogen-bond acceptors (Lipinski definition) is 5. The molecule has 4 rings (SSSR count). The lowest BCUT2D eigenvalue weighted by Crippen LogP contribution is -2.22. The summed E-state index contributed by atoms with van der Waals surface area (Å²) in [5.74, 6) is -0.553. The highest BCUT2D eigenvalue weighted by molar-refractivity contribution is 7.99. The number of benzene rings is 2. The molecule has 0 radical (unpaired) electrons. The number of nitrogens with one attached hydrogen (secondary N) is 1. The summed E-state index contributed by atoms with van der Waals surface area (Å²) in [5.41, 5.74) is 1.87. The van der Waals surface area contributed by atoms with Gasteiger partial charge in [-0.15, -0.1) is 11.3 Å². The van der Waals surface area contributed by atoms with E-state index in [0.29, 0.717) is 37.3 Å². The normalized spacial score (nSPS) is 11.0. The van der Waals surface area contributed by atoms with E-state index in [9.17, 15) is 14.0 Å². The van der Waals surface area contributed by atoms with Crippen LogP contribution in [0.1, 0.15) is 5.56 Å². The third-order valence-corrected chi connectivity index (χ3v) is 6.39. The van der Waals surface area contributed by atoms with Crippen LogP contribution in [0.15, 0.2) is 63.9 Å². The summed E-state index contributed by atoms with van der Waals surface area (Å²) in [6.45, 7) is 1.63. The van der Waals surface area contributed by atoms with E-state index < -0.39 is 0 Å². The van der Waals surface area contributed by atoms with E-state index in [0.717, 1.165) is 11.8 Å². The van der Waals surface area contributed by atoms with Gasteiger partial charge in [-0.25, -0.2) is 9.37 Å². The van der Waals surface area contributed by atoms with E-state index >= 15 is 0 Å². The van der Waals surface area contributed by atoms with E-state index in [1.165, 1.54) is 28.0 Å². The zero-order valence-electron chi connectivity index (χ0n) is 15.7. The van der Waals surface area contributed by atoms with Crippen LogP contribution < -0.4 is 10.9 Å². The second kappa shape index (κ2) is 8.59. The van der Waals surface area contributed by atoms with Crippen molar-refractivity contribution in [3.63, 3.8) is 0 Å². The van der Waals surface area contributed by atoms with Gasteiger partial charge in [0.2, 0.25) is 5.91 Å². The molecule has 0 bridgehead atoms. The molecule has 0 spiro atoms. The number of fused-ring (bicyclic) bond motifs is 1. The molecule has 0 fully saturated rings. The average molecular weight is 460 g/mol. The van der Waals surface area contributed by atoms with E-state index in [4.69, 9.17) is 11.6 Å². The first-order chi connectivity index (χ1) is 14.4. The third-order valence-electron chi connectivity index (χ3n) is 4.31. The van der Waals surface area contributed by atoms with Gasteiger partial charge in [0.25, 0.3) is 5.56 Å². The van der Waals surface area contributed by atoms with Gasteiger partial charge in [0, 0.05) is 10.7 Å². The number of carbonyl (C=O) groups is 1. The number of aromatic nitrogens is 2. The van der Waals surface area contributed by atoms with Gasteiger partial charge in [-0.05, 0) is 66.4 Å². The molecule has 4 aromatic rings. The summed E-state index contributed by atoms with van der Waals surface area (Å²) in [6, 6.07) is 13.0. The molecule has 0 saturated carbocycles. The molecule has 5 nitrogen and oxygen atoms in total. The van der Waals surface area contributed by atoms with Gasteiger partial charge in [0.05, 0.1) is 17.0 Å². The molecule has 0 atom stereocenters. The fraction of sp³-hybridized carbons (Fsp3) is 0.0952. The molecule has 1 N–H and O–H groups in total. The Morgan fingerprint density at radius 2 is 2.00 bits per heavy atom. The van der Waals surface area contributed by atoms with Crippen molar-refractivity contribution < 1.29 is 9.18 Å². The Kier molecular flexibility index (Phi) is 5.90. The van der Waals surface area contributed by atoms with Gasteiger partial charge in [-0.2, -0.15) is 0 Å². The quantitative estimate of drug-likeness (QED) is 0.326. The second-order valence-electron chi connectivity index (χ2n) is 6.45. The van der Waals surface area contributed by atoms with Crippen LogP contribution in [0.3, 0.4) is 0 Å². The fourth-order valence-corrected chi connectivity index (χ4v) is 4.54. The highest BCUT2D eigenvalue weighted by atomic mass is 35.5. The predicted octanol–water partition coefficient (Wildman–Crippen LogP) is 5.28. The number of amides is 1. The van der Waals surface area contributed by atoms with Crippen molar-refractivity contribution in [1.82, 2.24) is 9.55 Å².